The number of carbonyl (C=O) groups is 1. The number of aliphatic hydroxyl groups is 1. The summed E-state index contributed by atoms with van der Waals surface area (Å²) >= 11 is 0. The van der Waals surface area contributed by atoms with Crippen LogP contribution in [0.5, 0.6) is 0 Å². The van der Waals surface area contributed by atoms with Gasteiger partial charge in [0.15, 0.2) is 0 Å². The monoisotopic (exact) mass is 362 g/mol. The molecule has 25 heavy (non-hydrogen) atoms. The van der Waals surface area contributed by atoms with Gasteiger partial charge in [-0.25, -0.2) is 12.7 Å². The minimum absolute atomic E-state index is 0.0153. The predicted molar refractivity (Wildman–Crippen MR) is 97.6 cm³/mol. The summed E-state index contributed by atoms with van der Waals surface area (Å²) in [5.74, 6) is -0.462. The maximum absolute atomic E-state index is 12.2. The fourth-order valence-corrected chi connectivity index (χ4v) is 2.95. The van der Waals surface area contributed by atoms with Crippen LogP contribution in [0.2, 0.25) is 0 Å². The van der Waals surface area contributed by atoms with Crippen LogP contribution in [0, 0.1) is 0 Å². The number of sulfonamides is 1. The maximum atomic E-state index is 12.2. The molecule has 0 aliphatic rings. The second-order valence-electron chi connectivity index (χ2n) is 5.79. The van der Waals surface area contributed by atoms with E-state index in [1.807, 2.05) is 30.3 Å². The molecule has 0 aliphatic heterocycles. The number of benzene rings is 2. The molecule has 1 amide bonds. The normalized spacial score (nSPS) is 11.5. The van der Waals surface area contributed by atoms with Gasteiger partial charge in [0, 0.05) is 26.2 Å². The molecule has 7 heteroatoms. The van der Waals surface area contributed by atoms with Crippen molar-refractivity contribution >= 4 is 15.9 Å². The Morgan fingerprint density at radius 3 is 2.36 bits per heavy atom. The van der Waals surface area contributed by atoms with Gasteiger partial charge < -0.3 is 10.4 Å². The van der Waals surface area contributed by atoms with Gasteiger partial charge in [0.1, 0.15) is 0 Å². The van der Waals surface area contributed by atoms with Gasteiger partial charge in [0.25, 0.3) is 5.91 Å². The Hall–Kier alpha value is -2.22. The first-order valence-electron chi connectivity index (χ1n) is 7.82. The largest absolute Gasteiger partial charge is 0.392 e. The summed E-state index contributed by atoms with van der Waals surface area (Å²) in [5.41, 5.74) is 3.09. The number of hydrogen-bond donors (Lipinski definition) is 2. The number of nitrogens with one attached hydrogen (secondary N) is 1. The zero-order valence-corrected chi connectivity index (χ0v) is 15.1. The van der Waals surface area contributed by atoms with Crippen LogP contribution in [-0.2, 0) is 16.6 Å². The third-order valence-corrected chi connectivity index (χ3v) is 5.63. The van der Waals surface area contributed by atoms with Crippen LogP contribution in [0.25, 0.3) is 11.1 Å². The second kappa shape index (κ2) is 8.24. The standard InChI is InChI=1S/C18H22N2O4S/c1-20(2)25(23,24)11-10-19-18(22)17-5-3-4-16(12-17)15-8-6-14(13-21)7-9-15/h3-9,12,21H,10-11,13H2,1-2H3,(H,19,22). The van der Waals surface area contributed by atoms with Crippen molar-refractivity contribution in [2.75, 3.05) is 26.4 Å². The van der Waals surface area contributed by atoms with Crippen molar-refractivity contribution in [2.45, 2.75) is 6.61 Å². The van der Waals surface area contributed by atoms with E-state index in [-0.39, 0.29) is 24.8 Å². The average molecular weight is 362 g/mol. The van der Waals surface area contributed by atoms with E-state index < -0.39 is 10.0 Å². The van der Waals surface area contributed by atoms with Gasteiger partial charge in [-0.15, -0.1) is 0 Å². The number of nitrogens with zero attached hydrogens (tertiary/aromatic N) is 1. The summed E-state index contributed by atoms with van der Waals surface area (Å²) in [6.45, 7) is 0.0351. The molecule has 0 aliphatic carbocycles. The summed E-state index contributed by atoms with van der Waals surface area (Å²) in [5, 5.41) is 11.7. The number of amides is 1. The molecule has 0 atom stereocenters. The van der Waals surface area contributed by atoms with E-state index in [4.69, 9.17) is 5.11 Å². The highest BCUT2D eigenvalue weighted by molar-refractivity contribution is 7.89. The molecule has 0 spiro atoms. The van der Waals surface area contributed by atoms with Crippen LogP contribution in [0.3, 0.4) is 0 Å². The van der Waals surface area contributed by atoms with E-state index in [0.717, 1.165) is 21.0 Å². The maximum Gasteiger partial charge on any atom is 0.251 e. The molecule has 2 aromatic carbocycles. The molecule has 0 fully saturated rings. The molecule has 0 unspecified atom stereocenters. The highest BCUT2D eigenvalue weighted by atomic mass is 32.2. The molecule has 2 N–H and O–H groups in total. The molecule has 2 aromatic rings. The lowest BCUT2D eigenvalue weighted by molar-refractivity contribution is 0.0956. The Balaban J connectivity index is 2.06. The van der Waals surface area contributed by atoms with Gasteiger partial charge >= 0.3 is 0 Å². The highest BCUT2D eigenvalue weighted by Crippen LogP contribution is 2.21. The van der Waals surface area contributed by atoms with Crippen molar-refractivity contribution in [3.63, 3.8) is 0 Å². The van der Waals surface area contributed by atoms with Crippen molar-refractivity contribution in [1.82, 2.24) is 9.62 Å². The molecule has 0 radical (unpaired) electrons. The first-order valence-corrected chi connectivity index (χ1v) is 9.43. The highest BCUT2D eigenvalue weighted by Gasteiger charge is 2.14. The topological polar surface area (TPSA) is 86.7 Å². The number of rotatable bonds is 7. The SMILES string of the molecule is CN(C)S(=O)(=O)CCNC(=O)c1cccc(-c2ccc(CO)cc2)c1. The average Bonchev–Trinajstić information content (AvgIpc) is 2.61. The van der Waals surface area contributed by atoms with Crippen LogP contribution >= 0.6 is 0 Å². The van der Waals surface area contributed by atoms with Crippen molar-refractivity contribution < 1.29 is 18.3 Å². The molecule has 2 rings (SSSR count). The Kier molecular flexibility index (Phi) is 6.30. The zero-order chi connectivity index (χ0) is 18.4. The van der Waals surface area contributed by atoms with Crippen LogP contribution in [-0.4, -0.2) is 50.1 Å². The summed E-state index contributed by atoms with van der Waals surface area (Å²) in [7, 11) is -0.414. The van der Waals surface area contributed by atoms with Gasteiger partial charge in [-0.05, 0) is 28.8 Å². The Bertz CT molecular complexity index is 830. The smallest absolute Gasteiger partial charge is 0.251 e. The van der Waals surface area contributed by atoms with Gasteiger partial charge in [-0.3, -0.25) is 4.79 Å². The lowest BCUT2D eigenvalue weighted by atomic mass is 10.0. The quantitative estimate of drug-likeness (QED) is 0.781. The Morgan fingerprint density at radius 2 is 1.76 bits per heavy atom. The van der Waals surface area contributed by atoms with Crippen LogP contribution < -0.4 is 5.32 Å². The van der Waals surface area contributed by atoms with Gasteiger partial charge in [-0.1, -0.05) is 36.4 Å². The summed E-state index contributed by atoms with van der Waals surface area (Å²) in [4.78, 5) is 12.2. The Morgan fingerprint density at radius 1 is 1.08 bits per heavy atom. The van der Waals surface area contributed by atoms with E-state index in [1.165, 1.54) is 14.1 Å². The fraction of sp³-hybridized carbons (Fsp3) is 0.278. The Labute approximate surface area is 148 Å². The van der Waals surface area contributed by atoms with Crippen LogP contribution in [0.15, 0.2) is 48.5 Å². The molecular formula is C18H22N2O4S. The number of carbonyl (C=O) groups excluding carboxylic acids is 1. The van der Waals surface area contributed by atoms with E-state index in [9.17, 15) is 13.2 Å². The van der Waals surface area contributed by atoms with E-state index in [2.05, 4.69) is 5.32 Å². The lowest BCUT2D eigenvalue weighted by Crippen LogP contribution is -2.33. The molecule has 0 saturated heterocycles. The van der Waals surface area contributed by atoms with Crippen molar-refractivity contribution in [3.05, 3.63) is 59.7 Å². The third-order valence-electron chi connectivity index (χ3n) is 3.80. The summed E-state index contributed by atoms with van der Waals surface area (Å²) in [6.07, 6.45) is 0. The number of aliphatic hydroxyl groups excluding tert-OH is 1. The number of hydrogen-bond acceptors (Lipinski definition) is 4. The van der Waals surface area contributed by atoms with Crippen molar-refractivity contribution in [2.24, 2.45) is 0 Å². The molecule has 134 valence electrons. The molecule has 0 heterocycles. The fourth-order valence-electron chi connectivity index (χ4n) is 2.22. The summed E-state index contributed by atoms with van der Waals surface area (Å²) in [6, 6.07) is 14.5. The first kappa shape index (κ1) is 19.1. The first-order chi connectivity index (χ1) is 11.8. The van der Waals surface area contributed by atoms with Gasteiger partial charge in [0.05, 0.1) is 12.4 Å². The molecule has 6 nitrogen and oxygen atoms in total. The zero-order valence-electron chi connectivity index (χ0n) is 14.3. The van der Waals surface area contributed by atoms with Crippen molar-refractivity contribution in [3.8, 4) is 11.1 Å². The molecule has 0 bridgehead atoms. The van der Waals surface area contributed by atoms with E-state index in [1.54, 1.807) is 18.2 Å². The van der Waals surface area contributed by atoms with E-state index >= 15 is 0 Å². The molecule has 0 aromatic heterocycles. The minimum Gasteiger partial charge on any atom is -0.392 e. The van der Waals surface area contributed by atoms with Crippen LogP contribution in [0.1, 0.15) is 15.9 Å². The third kappa shape index (κ3) is 5.12. The minimum atomic E-state index is -3.34. The molecule has 0 saturated carbocycles. The predicted octanol–water partition coefficient (Wildman–Crippen LogP) is 1.47. The van der Waals surface area contributed by atoms with Gasteiger partial charge in [0.2, 0.25) is 10.0 Å². The van der Waals surface area contributed by atoms with Crippen molar-refractivity contribution in [1.29, 1.82) is 0 Å². The van der Waals surface area contributed by atoms with E-state index in [0.29, 0.717) is 5.56 Å². The van der Waals surface area contributed by atoms with Gasteiger partial charge in [-0.2, -0.15) is 0 Å². The summed E-state index contributed by atoms with van der Waals surface area (Å²) < 4.78 is 24.5. The molecular weight excluding hydrogens is 340 g/mol. The second-order valence-corrected chi connectivity index (χ2v) is 8.09. The van der Waals surface area contributed by atoms with Crippen LogP contribution in [0.4, 0.5) is 0 Å². The lowest BCUT2D eigenvalue weighted by Gasteiger charge is -2.12.